The van der Waals surface area contributed by atoms with Crippen molar-refractivity contribution in [3.63, 3.8) is 0 Å². The van der Waals surface area contributed by atoms with Crippen molar-refractivity contribution in [1.82, 2.24) is 14.8 Å². The number of halogens is 1. The summed E-state index contributed by atoms with van der Waals surface area (Å²) in [6.07, 6.45) is 2.78. The number of rotatable bonds is 5. The molecular formula is C16H13ClN4O3S. The Hall–Kier alpha value is -2.71. The summed E-state index contributed by atoms with van der Waals surface area (Å²) in [5, 5.41) is 4.36. The molecule has 128 valence electrons. The molecule has 0 aliphatic rings. The molecule has 0 saturated heterocycles. The summed E-state index contributed by atoms with van der Waals surface area (Å²) in [5.74, 6) is -0.219. The standard InChI is InChI=1S/C16H13ClN4O3S/c1-11(22)12-3-2-4-14(7-12)25(23,24)20-15-8-13(17)5-6-16(15)21-10-18-9-19-21/h2-10,20H,1H3. The van der Waals surface area contributed by atoms with Crippen LogP contribution in [0.15, 0.2) is 60.0 Å². The van der Waals surface area contributed by atoms with E-state index >= 15 is 0 Å². The first-order valence-corrected chi connectivity index (χ1v) is 9.01. The average Bonchev–Trinajstić information content (AvgIpc) is 3.09. The van der Waals surface area contributed by atoms with Crippen molar-refractivity contribution >= 4 is 33.1 Å². The van der Waals surface area contributed by atoms with Crippen molar-refractivity contribution in [2.75, 3.05) is 4.72 Å². The van der Waals surface area contributed by atoms with Gasteiger partial charge in [-0.05, 0) is 37.3 Å². The average molecular weight is 377 g/mol. The van der Waals surface area contributed by atoms with Gasteiger partial charge < -0.3 is 0 Å². The van der Waals surface area contributed by atoms with Gasteiger partial charge in [0, 0.05) is 10.6 Å². The molecule has 25 heavy (non-hydrogen) atoms. The number of sulfonamides is 1. The highest BCUT2D eigenvalue weighted by Crippen LogP contribution is 2.26. The number of nitrogens with zero attached hydrogens (tertiary/aromatic N) is 3. The van der Waals surface area contributed by atoms with Crippen LogP contribution in [0, 0.1) is 0 Å². The molecule has 0 aliphatic heterocycles. The van der Waals surface area contributed by atoms with Gasteiger partial charge in [0.2, 0.25) is 0 Å². The van der Waals surface area contributed by atoms with Gasteiger partial charge in [-0.3, -0.25) is 9.52 Å². The van der Waals surface area contributed by atoms with Gasteiger partial charge in [0.1, 0.15) is 12.7 Å². The molecule has 0 spiro atoms. The van der Waals surface area contributed by atoms with Gasteiger partial charge >= 0.3 is 0 Å². The Morgan fingerprint density at radius 3 is 2.68 bits per heavy atom. The molecule has 0 aliphatic carbocycles. The highest BCUT2D eigenvalue weighted by atomic mass is 35.5. The Morgan fingerprint density at radius 2 is 2.00 bits per heavy atom. The van der Waals surface area contributed by atoms with Crippen LogP contribution in [0.5, 0.6) is 0 Å². The number of benzene rings is 2. The van der Waals surface area contributed by atoms with Crippen molar-refractivity contribution in [3.8, 4) is 5.69 Å². The number of anilines is 1. The van der Waals surface area contributed by atoms with Crippen LogP contribution >= 0.6 is 11.6 Å². The summed E-state index contributed by atoms with van der Waals surface area (Å²) in [4.78, 5) is 15.3. The molecule has 0 radical (unpaired) electrons. The van der Waals surface area contributed by atoms with E-state index in [1.54, 1.807) is 18.2 Å². The molecule has 0 amide bonds. The van der Waals surface area contributed by atoms with Crippen LogP contribution in [-0.4, -0.2) is 29.0 Å². The van der Waals surface area contributed by atoms with Crippen molar-refractivity contribution < 1.29 is 13.2 Å². The van der Waals surface area contributed by atoms with Gasteiger partial charge in [0.15, 0.2) is 5.78 Å². The lowest BCUT2D eigenvalue weighted by Gasteiger charge is -2.13. The Morgan fingerprint density at radius 1 is 1.20 bits per heavy atom. The fraction of sp³-hybridized carbons (Fsp3) is 0.0625. The van der Waals surface area contributed by atoms with E-state index in [2.05, 4.69) is 14.8 Å². The van der Waals surface area contributed by atoms with Gasteiger partial charge in [-0.2, -0.15) is 5.10 Å². The van der Waals surface area contributed by atoms with Crippen molar-refractivity contribution in [2.45, 2.75) is 11.8 Å². The summed E-state index contributed by atoms with van der Waals surface area (Å²) in [6.45, 7) is 1.37. The number of carbonyl (C=O) groups excluding carboxylic acids is 1. The number of nitrogens with one attached hydrogen (secondary N) is 1. The number of hydrogen-bond donors (Lipinski definition) is 1. The maximum atomic E-state index is 12.7. The zero-order valence-corrected chi connectivity index (χ0v) is 14.6. The molecule has 0 fully saturated rings. The van der Waals surface area contributed by atoms with E-state index in [0.717, 1.165) is 0 Å². The lowest BCUT2D eigenvalue weighted by molar-refractivity contribution is 0.101. The monoisotopic (exact) mass is 376 g/mol. The highest BCUT2D eigenvalue weighted by Gasteiger charge is 2.18. The molecule has 3 aromatic rings. The summed E-state index contributed by atoms with van der Waals surface area (Å²) < 4.78 is 29.3. The molecule has 7 nitrogen and oxygen atoms in total. The van der Waals surface area contributed by atoms with E-state index < -0.39 is 10.0 Å². The van der Waals surface area contributed by atoms with Crippen LogP contribution in [0.4, 0.5) is 5.69 Å². The van der Waals surface area contributed by atoms with Crippen molar-refractivity contribution in [3.05, 3.63) is 65.7 Å². The van der Waals surface area contributed by atoms with Gasteiger partial charge in [-0.15, -0.1) is 0 Å². The minimum atomic E-state index is -3.92. The van der Waals surface area contributed by atoms with Crippen LogP contribution in [0.3, 0.4) is 0 Å². The number of ketones is 1. The first-order chi connectivity index (χ1) is 11.9. The first kappa shape index (κ1) is 17.1. The molecule has 0 saturated carbocycles. The van der Waals surface area contributed by atoms with Gasteiger partial charge in [0.25, 0.3) is 10.0 Å². The SMILES string of the molecule is CC(=O)c1cccc(S(=O)(=O)Nc2cc(Cl)ccc2-n2cncn2)c1. The Labute approximate surface area is 149 Å². The minimum Gasteiger partial charge on any atom is -0.295 e. The van der Waals surface area contributed by atoms with E-state index in [-0.39, 0.29) is 16.4 Å². The molecule has 0 unspecified atom stereocenters. The Bertz CT molecular complexity index is 1030. The van der Waals surface area contributed by atoms with Crippen LogP contribution in [0.1, 0.15) is 17.3 Å². The fourth-order valence-corrected chi connectivity index (χ4v) is 3.49. The fourth-order valence-electron chi connectivity index (χ4n) is 2.21. The second-order valence-electron chi connectivity index (χ2n) is 5.19. The minimum absolute atomic E-state index is 0.0234. The molecule has 0 bridgehead atoms. The molecule has 9 heteroatoms. The van der Waals surface area contributed by atoms with E-state index in [0.29, 0.717) is 16.3 Å². The molecule has 1 heterocycles. The maximum absolute atomic E-state index is 12.7. The number of Topliss-reactive ketones (excluding diaryl/α,β-unsaturated/α-hetero) is 1. The Balaban J connectivity index is 2.03. The largest absolute Gasteiger partial charge is 0.295 e. The van der Waals surface area contributed by atoms with Crippen LogP contribution in [-0.2, 0) is 10.0 Å². The summed E-state index contributed by atoms with van der Waals surface area (Å²) in [7, 11) is -3.92. The molecule has 0 atom stereocenters. The molecular weight excluding hydrogens is 364 g/mol. The van der Waals surface area contributed by atoms with Crippen LogP contribution in [0.2, 0.25) is 5.02 Å². The predicted molar refractivity (Wildman–Crippen MR) is 93.6 cm³/mol. The normalized spacial score (nSPS) is 11.3. The topological polar surface area (TPSA) is 94.0 Å². The third kappa shape index (κ3) is 3.70. The van der Waals surface area contributed by atoms with Crippen LogP contribution in [0.25, 0.3) is 5.69 Å². The maximum Gasteiger partial charge on any atom is 0.261 e. The summed E-state index contributed by atoms with van der Waals surface area (Å²) in [5.41, 5.74) is 1.02. The molecule has 2 aromatic carbocycles. The summed E-state index contributed by atoms with van der Waals surface area (Å²) >= 11 is 6.00. The van der Waals surface area contributed by atoms with Crippen LogP contribution < -0.4 is 4.72 Å². The molecule has 1 N–H and O–H groups in total. The van der Waals surface area contributed by atoms with E-state index in [4.69, 9.17) is 11.6 Å². The second kappa shape index (κ2) is 6.66. The van der Waals surface area contributed by atoms with E-state index in [1.165, 1.54) is 48.5 Å². The first-order valence-electron chi connectivity index (χ1n) is 7.15. The summed E-state index contributed by atoms with van der Waals surface area (Å²) in [6, 6.07) is 10.5. The van der Waals surface area contributed by atoms with E-state index in [9.17, 15) is 13.2 Å². The molecule has 3 rings (SSSR count). The third-order valence-corrected chi connectivity index (χ3v) is 5.02. The van der Waals surface area contributed by atoms with Gasteiger partial charge in [-0.1, -0.05) is 23.7 Å². The smallest absolute Gasteiger partial charge is 0.261 e. The molecule has 1 aromatic heterocycles. The quantitative estimate of drug-likeness (QED) is 0.691. The third-order valence-electron chi connectivity index (χ3n) is 3.42. The zero-order chi connectivity index (χ0) is 18.0. The van der Waals surface area contributed by atoms with Gasteiger partial charge in [0.05, 0.1) is 16.3 Å². The lowest BCUT2D eigenvalue weighted by atomic mass is 10.2. The predicted octanol–water partition coefficient (Wildman–Crippen LogP) is 2.92. The lowest BCUT2D eigenvalue weighted by Crippen LogP contribution is -2.15. The second-order valence-corrected chi connectivity index (χ2v) is 7.31. The highest BCUT2D eigenvalue weighted by molar-refractivity contribution is 7.92. The number of aromatic nitrogens is 3. The number of carbonyl (C=O) groups is 1. The Kier molecular flexibility index (Phi) is 4.56. The number of hydrogen-bond acceptors (Lipinski definition) is 5. The van der Waals surface area contributed by atoms with E-state index in [1.807, 2.05) is 0 Å². The zero-order valence-electron chi connectivity index (χ0n) is 13.0. The van der Waals surface area contributed by atoms with Crippen molar-refractivity contribution in [2.24, 2.45) is 0 Å². The van der Waals surface area contributed by atoms with Gasteiger partial charge in [-0.25, -0.2) is 18.1 Å². The van der Waals surface area contributed by atoms with Crippen molar-refractivity contribution in [1.29, 1.82) is 0 Å².